The third-order valence-electron chi connectivity index (χ3n) is 4.41. The van der Waals surface area contributed by atoms with Crippen molar-refractivity contribution in [3.63, 3.8) is 0 Å². The van der Waals surface area contributed by atoms with Crippen molar-refractivity contribution in [3.05, 3.63) is 49.8 Å². The summed E-state index contributed by atoms with van der Waals surface area (Å²) in [5.74, 6) is 1.10. The van der Waals surface area contributed by atoms with Crippen molar-refractivity contribution >= 4 is 50.8 Å². The molecule has 24 heavy (non-hydrogen) atoms. The number of nitrogens with zero attached hydrogens (tertiary/aromatic N) is 1. The molecular weight excluding hydrogens is 392 g/mol. The lowest BCUT2D eigenvalue weighted by Gasteiger charge is -2.07. The van der Waals surface area contributed by atoms with Gasteiger partial charge in [0.1, 0.15) is 23.2 Å². The molecule has 2 aliphatic rings. The monoisotopic (exact) mass is 402 g/mol. The van der Waals surface area contributed by atoms with Gasteiger partial charge in [0, 0.05) is 27.0 Å². The number of halogens is 2. The van der Waals surface area contributed by atoms with Crippen molar-refractivity contribution in [2.45, 2.75) is 25.7 Å². The highest BCUT2D eigenvalue weighted by molar-refractivity contribution is 9.10. The Bertz CT molecular complexity index is 953. The Kier molecular flexibility index (Phi) is 3.75. The number of anilines is 1. The van der Waals surface area contributed by atoms with Crippen LogP contribution in [0.1, 0.15) is 41.1 Å². The average molecular weight is 404 g/mol. The van der Waals surface area contributed by atoms with Gasteiger partial charge in [-0.05, 0) is 53.4 Å². The van der Waals surface area contributed by atoms with E-state index in [1.54, 1.807) is 18.2 Å². The van der Waals surface area contributed by atoms with Crippen molar-refractivity contribution in [1.82, 2.24) is 0 Å². The first-order valence-electron chi connectivity index (χ1n) is 7.65. The molecule has 120 valence electrons. The van der Waals surface area contributed by atoms with Crippen LogP contribution in [-0.4, -0.2) is 5.91 Å². The fraction of sp³-hybridized carbons (Fsp3) is 0.222. The molecule has 0 saturated heterocycles. The summed E-state index contributed by atoms with van der Waals surface area (Å²) < 4.78 is 6.61. The normalized spacial score (nSPS) is 17.4. The van der Waals surface area contributed by atoms with Crippen LogP contribution in [0.15, 0.2) is 21.0 Å². The molecule has 0 saturated carbocycles. The molecule has 4 nitrogen and oxygen atoms in total. The lowest BCUT2D eigenvalue weighted by molar-refractivity contribution is -0.110. The summed E-state index contributed by atoms with van der Waals surface area (Å²) in [6.07, 6.45) is 5.47. The van der Waals surface area contributed by atoms with E-state index < -0.39 is 0 Å². The van der Waals surface area contributed by atoms with Crippen LogP contribution in [0.3, 0.4) is 0 Å². The molecule has 4 rings (SSSR count). The van der Waals surface area contributed by atoms with Crippen LogP contribution in [0.5, 0.6) is 0 Å². The van der Waals surface area contributed by atoms with Gasteiger partial charge in [0.05, 0.1) is 11.3 Å². The number of furan rings is 1. The van der Waals surface area contributed by atoms with E-state index >= 15 is 0 Å². The molecule has 0 spiro atoms. The molecule has 0 fully saturated rings. The second kappa shape index (κ2) is 5.80. The topological polar surface area (TPSA) is 66.0 Å². The lowest BCUT2D eigenvalue weighted by Crippen LogP contribution is -2.03. The van der Waals surface area contributed by atoms with Gasteiger partial charge in [0.25, 0.3) is 5.91 Å². The molecule has 2 aromatic rings. The average Bonchev–Trinajstić information content (AvgIpc) is 3.06. The smallest absolute Gasteiger partial charge is 0.256 e. The summed E-state index contributed by atoms with van der Waals surface area (Å²) in [7, 11) is 0. The minimum Gasteiger partial charge on any atom is -0.460 e. The maximum absolute atomic E-state index is 12.4. The third-order valence-corrected chi connectivity index (χ3v) is 5.26. The van der Waals surface area contributed by atoms with Gasteiger partial charge < -0.3 is 9.73 Å². The number of nitriles is 1. The number of nitrogens with one attached hydrogen (secondary N) is 1. The summed E-state index contributed by atoms with van der Waals surface area (Å²) in [5, 5.41) is 12.9. The van der Waals surface area contributed by atoms with Gasteiger partial charge >= 0.3 is 0 Å². The maximum atomic E-state index is 12.4. The Morgan fingerprint density at radius 2 is 2.12 bits per heavy atom. The Hall–Kier alpha value is -2.03. The largest absolute Gasteiger partial charge is 0.460 e. The highest BCUT2D eigenvalue weighted by atomic mass is 79.9. The molecule has 0 unspecified atom stereocenters. The summed E-state index contributed by atoms with van der Waals surface area (Å²) in [4.78, 5) is 12.4. The lowest BCUT2D eigenvalue weighted by atomic mass is 9.94. The maximum Gasteiger partial charge on any atom is 0.256 e. The van der Waals surface area contributed by atoms with Gasteiger partial charge in [-0.1, -0.05) is 11.6 Å². The van der Waals surface area contributed by atoms with Gasteiger partial charge in [-0.2, -0.15) is 5.26 Å². The van der Waals surface area contributed by atoms with Crippen LogP contribution in [0.2, 0.25) is 5.02 Å². The van der Waals surface area contributed by atoms with Gasteiger partial charge in [-0.15, -0.1) is 0 Å². The number of hydrogen-bond acceptors (Lipinski definition) is 3. The number of hydrogen-bond donors (Lipinski definition) is 1. The Labute approximate surface area is 152 Å². The zero-order chi connectivity index (χ0) is 16.8. The number of carbonyl (C=O) groups excluding carboxylic acids is 1. The zero-order valence-corrected chi connectivity index (χ0v) is 14.9. The van der Waals surface area contributed by atoms with Crippen molar-refractivity contribution in [1.29, 1.82) is 5.26 Å². The van der Waals surface area contributed by atoms with E-state index in [1.807, 2.05) is 0 Å². The van der Waals surface area contributed by atoms with E-state index in [-0.39, 0.29) is 5.91 Å². The molecule has 1 aromatic heterocycles. The second-order valence-corrected chi connectivity index (χ2v) is 7.18. The highest BCUT2D eigenvalue weighted by Gasteiger charge is 2.29. The number of benzene rings is 1. The molecule has 1 aliphatic carbocycles. The fourth-order valence-corrected chi connectivity index (χ4v) is 4.21. The van der Waals surface area contributed by atoms with Crippen molar-refractivity contribution in [2.24, 2.45) is 0 Å². The fourth-order valence-electron chi connectivity index (χ4n) is 3.30. The van der Waals surface area contributed by atoms with E-state index in [2.05, 4.69) is 27.3 Å². The van der Waals surface area contributed by atoms with E-state index in [9.17, 15) is 10.1 Å². The quantitative estimate of drug-likeness (QED) is 0.686. The zero-order valence-electron chi connectivity index (χ0n) is 12.6. The van der Waals surface area contributed by atoms with Crippen LogP contribution in [0.25, 0.3) is 11.6 Å². The predicted octanol–water partition coefficient (Wildman–Crippen LogP) is 4.94. The van der Waals surface area contributed by atoms with E-state index in [4.69, 9.17) is 16.0 Å². The van der Waals surface area contributed by atoms with Gasteiger partial charge in [-0.25, -0.2) is 0 Å². The first kappa shape index (κ1) is 15.5. The molecular formula is C18H12BrClN2O2. The highest BCUT2D eigenvalue weighted by Crippen LogP contribution is 2.41. The van der Waals surface area contributed by atoms with Crippen LogP contribution in [0, 0.1) is 11.3 Å². The first-order chi connectivity index (χ1) is 11.6. The minimum absolute atomic E-state index is 0.230. The SMILES string of the molecule is N#Cc1c(C=C2C(=O)Nc3c(Br)cc(Cl)cc32)oc2c1CCCC2. The van der Waals surface area contributed by atoms with E-state index in [0.29, 0.717) is 33.2 Å². The van der Waals surface area contributed by atoms with Crippen LogP contribution in [-0.2, 0) is 17.6 Å². The van der Waals surface area contributed by atoms with E-state index in [1.165, 1.54) is 0 Å². The van der Waals surface area contributed by atoms with Crippen LogP contribution >= 0.6 is 27.5 Å². The summed E-state index contributed by atoms with van der Waals surface area (Å²) in [6, 6.07) is 5.70. The van der Waals surface area contributed by atoms with Crippen molar-refractivity contribution < 1.29 is 9.21 Å². The number of aryl methyl sites for hydroxylation is 1. The predicted molar refractivity (Wildman–Crippen MR) is 95.7 cm³/mol. The number of amides is 1. The molecule has 0 bridgehead atoms. The molecule has 1 aromatic carbocycles. The Morgan fingerprint density at radius 1 is 1.33 bits per heavy atom. The van der Waals surface area contributed by atoms with Gasteiger partial charge in [0.15, 0.2) is 0 Å². The number of carbonyl (C=O) groups is 1. The molecule has 0 atom stereocenters. The third kappa shape index (κ3) is 2.38. The molecule has 6 heteroatoms. The molecule has 1 N–H and O–H groups in total. The standard InChI is InChI=1S/C18H12BrClN2O2/c19-14-6-9(20)5-11-12(18(23)22-17(11)14)7-16-13(8-21)10-3-1-2-4-15(10)24-16/h5-7H,1-4H2,(H,22,23). The van der Waals surface area contributed by atoms with Crippen LogP contribution < -0.4 is 5.32 Å². The molecule has 2 heterocycles. The second-order valence-electron chi connectivity index (χ2n) is 5.88. The summed E-state index contributed by atoms with van der Waals surface area (Å²) in [6.45, 7) is 0. The number of fused-ring (bicyclic) bond motifs is 2. The minimum atomic E-state index is -0.230. The Morgan fingerprint density at radius 3 is 2.92 bits per heavy atom. The first-order valence-corrected chi connectivity index (χ1v) is 8.82. The molecule has 1 amide bonds. The van der Waals surface area contributed by atoms with Gasteiger partial charge in [0.2, 0.25) is 0 Å². The van der Waals surface area contributed by atoms with Crippen molar-refractivity contribution in [2.75, 3.05) is 5.32 Å². The number of rotatable bonds is 1. The summed E-state index contributed by atoms with van der Waals surface area (Å²) >= 11 is 9.52. The van der Waals surface area contributed by atoms with Crippen molar-refractivity contribution in [3.8, 4) is 6.07 Å². The molecule has 1 aliphatic heterocycles. The summed E-state index contributed by atoms with van der Waals surface area (Å²) in [5.41, 5.74) is 3.37. The van der Waals surface area contributed by atoms with E-state index in [0.717, 1.165) is 41.5 Å². The van der Waals surface area contributed by atoms with Gasteiger partial charge in [-0.3, -0.25) is 4.79 Å². The Balaban J connectivity index is 1.88. The van der Waals surface area contributed by atoms with Crippen LogP contribution in [0.4, 0.5) is 5.69 Å². The molecule has 0 radical (unpaired) electrons.